The van der Waals surface area contributed by atoms with Crippen LogP contribution in [-0.4, -0.2) is 73.5 Å². The predicted molar refractivity (Wildman–Crippen MR) is 112 cm³/mol. The molecule has 2 aromatic rings. The number of nitrogens with one attached hydrogen (secondary N) is 1. The van der Waals surface area contributed by atoms with Crippen molar-refractivity contribution in [2.24, 2.45) is 0 Å². The minimum absolute atomic E-state index is 0.171. The van der Waals surface area contributed by atoms with Gasteiger partial charge in [-0.2, -0.15) is 0 Å². The van der Waals surface area contributed by atoms with Crippen molar-refractivity contribution in [2.75, 3.05) is 38.5 Å². The molecule has 2 aliphatic heterocycles. The van der Waals surface area contributed by atoms with Gasteiger partial charge in [0, 0.05) is 39.3 Å². The normalized spacial score (nSPS) is 18.1. The number of hydrogen-bond acceptors (Lipinski definition) is 6. The predicted octanol–water partition coefficient (Wildman–Crippen LogP) is 0.935. The summed E-state index contributed by atoms with van der Waals surface area (Å²) in [6.45, 7) is 3.29. The standard InChI is InChI=1S/C21H24N4O4S/c26-20-18-8-4-5-9-19(18)21(27)25(20)14-15-30(28,29)22-24-12-10-23(11-13-24)16-17-6-2-1-3-7-17/h1-9,22H,10-16H2. The summed E-state index contributed by atoms with van der Waals surface area (Å²) in [7, 11) is -3.67. The molecule has 0 spiro atoms. The molecule has 1 fully saturated rings. The van der Waals surface area contributed by atoms with Crippen LogP contribution in [0.15, 0.2) is 54.6 Å². The fraction of sp³-hybridized carbons (Fsp3) is 0.333. The molecule has 0 aliphatic carbocycles. The van der Waals surface area contributed by atoms with Crippen LogP contribution in [0, 0.1) is 0 Å². The number of benzene rings is 2. The van der Waals surface area contributed by atoms with Crippen molar-refractivity contribution in [3.63, 3.8) is 0 Å². The second-order valence-electron chi connectivity index (χ2n) is 7.47. The molecule has 0 atom stereocenters. The second-order valence-corrected chi connectivity index (χ2v) is 9.29. The summed E-state index contributed by atoms with van der Waals surface area (Å²) >= 11 is 0. The molecular weight excluding hydrogens is 404 g/mol. The van der Waals surface area contributed by atoms with Crippen LogP contribution in [0.4, 0.5) is 0 Å². The summed E-state index contributed by atoms with van der Waals surface area (Å²) < 4.78 is 25.0. The van der Waals surface area contributed by atoms with Gasteiger partial charge < -0.3 is 0 Å². The number of sulfonamides is 1. The molecule has 2 aliphatic rings. The van der Waals surface area contributed by atoms with Crippen LogP contribution in [0.1, 0.15) is 26.3 Å². The average molecular weight is 429 g/mol. The molecule has 0 radical (unpaired) electrons. The fourth-order valence-electron chi connectivity index (χ4n) is 3.73. The Hall–Kier alpha value is -2.59. The molecular formula is C21H24N4O4S. The van der Waals surface area contributed by atoms with Gasteiger partial charge in [0.05, 0.1) is 16.9 Å². The Balaban J connectivity index is 1.26. The van der Waals surface area contributed by atoms with Gasteiger partial charge in [-0.25, -0.2) is 13.4 Å². The van der Waals surface area contributed by atoms with Gasteiger partial charge in [0.25, 0.3) is 11.8 Å². The van der Waals surface area contributed by atoms with E-state index >= 15 is 0 Å². The number of nitrogens with zero attached hydrogens (tertiary/aromatic N) is 3. The van der Waals surface area contributed by atoms with Crippen molar-refractivity contribution < 1.29 is 18.0 Å². The van der Waals surface area contributed by atoms with E-state index in [1.165, 1.54) is 5.56 Å². The lowest BCUT2D eigenvalue weighted by Gasteiger charge is -2.34. The van der Waals surface area contributed by atoms with Gasteiger partial charge in [-0.15, -0.1) is 4.83 Å². The quantitative estimate of drug-likeness (QED) is 0.660. The monoisotopic (exact) mass is 428 g/mol. The van der Waals surface area contributed by atoms with Crippen molar-refractivity contribution in [2.45, 2.75) is 6.54 Å². The molecule has 0 bridgehead atoms. The Bertz CT molecular complexity index is 999. The van der Waals surface area contributed by atoms with Crippen molar-refractivity contribution in [3.05, 3.63) is 71.3 Å². The Morgan fingerprint density at radius 2 is 1.37 bits per heavy atom. The highest BCUT2D eigenvalue weighted by Crippen LogP contribution is 2.22. The van der Waals surface area contributed by atoms with Crippen LogP contribution in [0.3, 0.4) is 0 Å². The first-order valence-electron chi connectivity index (χ1n) is 9.89. The lowest BCUT2D eigenvalue weighted by atomic mass is 10.1. The Kier molecular flexibility index (Phi) is 5.96. The maximum absolute atomic E-state index is 12.5. The molecule has 2 amide bonds. The maximum Gasteiger partial charge on any atom is 0.261 e. The summed E-state index contributed by atoms with van der Waals surface area (Å²) in [5.41, 5.74) is 1.87. The number of imide groups is 1. The van der Waals surface area contributed by atoms with Crippen LogP contribution in [0.2, 0.25) is 0 Å². The van der Waals surface area contributed by atoms with Gasteiger partial charge in [-0.05, 0) is 17.7 Å². The average Bonchev–Trinajstić information content (AvgIpc) is 2.99. The van der Waals surface area contributed by atoms with E-state index in [1.54, 1.807) is 29.3 Å². The van der Waals surface area contributed by atoms with Gasteiger partial charge in [0.15, 0.2) is 0 Å². The molecule has 2 aromatic carbocycles. The van der Waals surface area contributed by atoms with Crippen molar-refractivity contribution in [1.82, 2.24) is 19.6 Å². The third-order valence-electron chi connectivity index (χ3n) is 5.35. The van der Waals surface area contributed by atoms with E-state index in [1.807, 2.05) is 18.2 Å². The smallest absolute Gasteiger partial charge is 0.261 e. The molecule has 2 heterocycles. The SMILES string of the molecule is O=C1c2ccccc2C(=O)N1CCS(=O)(=O)NN1CCN(Cc2ccccc2)CC1. The first-order valence-corrected chi connectivity index (χ1v) is 11.5. The van der Waals surface area contributed by atoms with Crippen LogP contribution in [-0.2, 0) is 16.6 Å². The highest BCUT2D eigenvalue weighted by atomic mass is 32.2. The Morgan fingerprint density at radius 1 is 0.800 bits per heavy atom. The summed E-state index contributed by atoms with van der Waals surface area (Å²) in [5, 5.41) is 1.68. The molecule has 30 heavy (non-hydrogen) atoms. The maximum atomic E-state index is 12.5. The number of piperazine rings is 1. The van der Waals surface area contributed by atoms with E-state index in [2.05, 4.69) is 21.9 Å². The number of fused-ring (bicyclic) bond motifs is 1. The zero-order valence-electron chi connectivity index (χ0n) is 16.5. The molecule has 158 valence electrons. The lowest BCUT2D eigenvalue weighted by molar-refractivity contribution is 0.0663. The largest absolute Gasteiger partial charge is 0.296 e. The van der Waals surface area contributed by atoms with Crippen LogP contribution < -0.4 is 4.83 Å². The van der Waals surface area contributed by atoms with Crippen molar-refractivity contribution >= 4 is 21.8 Å². The molecule has 0 unspecified atom stereocenters. The zero-order valence-corrected chi connectivity index (χ0v) is 17.3. The van der Waals surface area contributed by atoms with Gasteiger partial charge >= 0.3 is 0 Å². The van der Waals surface area contributed by atoms with Gasteiger partial charge in [-0.3, -0.25) is 19.4 Å². The molecule has 4 rings (SSSR count). The van der Waals surface area contributed by atoms with Crippen molar-refractivity contribution in [3.8, 4) is 0 Å². The third kappa shape index (κ3) is 4.59. The number of rotatable bonds is 7. The number of carbonyl (C=O) groups excluding carboxylic acids is 2. The minimum Gasteiger partial charge on any atom is -0.296 e. The highest BCUT2D eigenvalue weighted by molar-refractivity contribution is 7.89. The van der Waals surface area contributed by atoms with E-state index in [4.69, 9.17) is 0 Å². The Labute approximate surface area is 176 Å². The number of hydrogen-bond donors (Lipinski definition) is 1. The van der Waals surface area contributed by atoms with E-state index < -0.39 is 21.8 Å². The third-order valence-corrected chi connectivity index (χ3v) is 6.61. The zero-order chi connectivity index (χ0) is 21.1. The molecule has 1 N–H and O–H groups in total. The number of carbonyl (C=O) groups is 2. The number of amides is 2. The van der Waals surface area contributed by atoms with E-state index in [0.717, 1.165) is 24.5 Å². The van der Waals surface area contributed by atoms with Gasteiger partial charge in [-0.1, -0.05) is 42.5 Å². The molecule has 0 aromatic heterocycles. The van der Waals surface area contributed by atoms with Crippen molar-refractivity contribution in [1.29, 1.82) is 0 Å². The molecule has 8 nitrogen and oxygen atoms in total. The van der Waals surface area contributed by atoms with Crippen LogP contribution >= 0.6 is 0 Å². The summed E-state index contributed by atoms with van der Waals surface area (Å²) in [6.07, 6.45) is 0. The minimum atomic E-state index is -3.67. The summed E-state index contributed by atoms with van der Waals surface area (Å²) in [6, 6.07) is 16.7. The molecule has 1 saturated heterocycles. The van der Waals surface area contributed by atoms with Gasteiger partial charge in [0.2, 0.25) is 10.0 Å². The summed E-state index contributed by atoms with van der Waals surface area (Å²) in [4.78, 5) is 30.6. The summed E-state index contributed by atoms with van der Waals surface area (Å²) in [5.74, 6) is -1.22. The first-order chi connectivity index (χ1) is 14.4. The number of hydrazine groups is 1. The van der Waals surface area contributed by atoms with Crippen LogP contribution in [0.5, 0.6) is 0 Å². The molecule has 0 saturated carbocycles. The van der Waals surface area contributed by atoms with Gasteiger partial charge in [0.1, 0.15) is 0 Å². The Morgan fingerprint density at radius 3 is 1.97 bits per heavy atom. The lowest BCUT2D eigenvalue weighted by Crippen LogP contribution is -2.54. The second kappa shape index (κ2) is 8.65. The first kappa shape index (κ1) is 20.7. The highest BCUT2D eigenvalue weighted by Gasteiger charge is 2.35. The van der Waals surface area contributed by atoms with E-state index in [-0.39, 0.29) is 12.3 Å². The topological polar surface area (TPSA) is 90.0 Å². The molecule has 9 heteroatoms. The van der Waals surface area contributed by atoms with E-state index in [0.29, 0.717) is 24.2 Å². The fourth-order valence-corrected chi connectivity index (χ4v) is 4.83. The van der Waals surface area contributed by atoms with Crippen LogP contribution in [0.25, 0.3) is 0 Å². The van der Waals surface area contributed by atoms with E-state index in [9.17, 15) is 18.0 Å².